The van der Waals surface area contributed by atoms with Gasteiger partial charge in [-0.2, -0.15) is 0 Å². The quantitative estimate of drug-likeness (QED) is 0.845. The van der Waals surface area contributed by atoms with Gasteiger partial charge in [-0.15, -0.1) is 11.3 Å². The molecule has 2 heterocycles. The monoisotopic (exact) mass is 300 g/mol. The third-order valence-corrected chi connectivity index (χ3v) is 5.24. The van der Waals surface area contributed by atoms with Gasteiger partial charge in [-0.05, 0) is 50.1 Å². The zero-order valence-corrected chi connectivity index (χ0v) is 14.0. The molecule has 0 radical (unpaired) electrons. The molecule has 0 N–H and O–H groups in total. The largest absolute Gasteiger partial charge is 0.369 e. The summed E-state index contributed by atoms with van der Waals surface area (Å²) in [5.74, 6) is 0. The second-order valence-electron chi connectivity index (χ2n) is 6.07. The van der Waals surface area contributed by atoms with Gasteiger partial charge in [0, 0.05) is 48.2 Å². The van der Waals surface area contributed by atoms with Crippen LogP contribution in [0.3, 0.4) is 0 Å². The molecular weight excluding hydrogens is 276 g/mol. The van der Waals surface area contributed by atoms with Crippen LogP contribution in [0.4, 0.5) is 5.69 Å². The molecule has 0 bridgehead atoms. The molecule has 1 aromatic carbocycles. The Labute approximate surface area is 132 Å². The molecule has 3 rings (SSSR count). The van der Waals surface area contributed by atoms with Crippen LogP contribution < -0.4 is 4.90 Å². The van der Waals surface area contributed by atoms with E-state index in [0.29, 0.717) is 0 Å². The maximum Gasteiger partial charge on any atom is 0.0399 e. The molecule has 21 heavy (non-hydrogen) atoms. The molecule has 1 aliphatic rings. The molecule has 3 heteroatoms. The molecule has 0 amide bonds. The van der Waals surface area contributed by atoms with Crippen LogP contribution >= 0.6 is 11.3 Å². The smallest absolute Gasteiger partial charge is 0.0399 e. The highest BCUT2D eigenvalue weighted by Crippen LogP contribution is 2.24. The van der Waals surface area contributed by atoms with Crippen molar-refractivity contribution in [2.24, 2.45) is 0 Å². The fourth-order valence-corrected chi connectivity index (χ4v) is 3.93. The van der Waals surface area contributed by atoms with Crippen LogP contribution in [-0.2, 0) is 6.54 Å². The Morgan fingerprint density at radius 1 is 0.952 bits per heavy atom. The Morgan fingerprint density at radius 2 is 1.71 bits per heavy atom. The van der Waals surface area contributed by atoms with Crippen molar-refractivity contribution in [1.29, 1.82) is 0 Å². The van der Waals surface area contributed by atoms with Crippen molar-refractivity contribution in [3.63, 3.8) is 0 Å². The van der Waals surface area contributed by atoms with Gasteiger partial charge in [0.25, 0.3) is 0 Å². The van der Waals surface area contributed by atoms with Gasteiger partial charge in [-0.25, -0.2) is 0 Å². The summed E-state index contributed by atoms with van der Waals surface area (Å²) in [6.45, 7) is 12.3. The topological polar surface area (TPSA) is 6.48 Å². The van der Waals surface area contributed by atoms with Gasteiger partial charge in [0.1, 0.15) is 0 Å². The Kier molecular flexibility index (Phi) is 4.32. The number of piperazine rings is 1. The highest BCUT2D eigenvalue weighted by Gasteiger charge is 2.18. The average Bonchev–Trinajstić information content (AvgIpc) is 2.88. The zero-order valence-electron chi connectivity index (χ0n) is 13.2. The van der Waals surface area contributed by atoms with E-state index in [9.17, 15) is 0 Å². The van der Waals surface area contributed by atoms with Crippen molar-refractivity contribution in [2.45, 2.75) is 27.3 Å². The molecule has 0 aliphatic carbocycles. The van der Waals surface area contributed by atoms with Gasteiger partial charge in [0.15, 0.2) is 0 Å². The van der Waals surface area contributed by atoms with E-state index >= 15 is 0 Å². The fraction of sp³-hybridized carbons (Fsp3) is 0.444. The third kappa shape index (κ3) is 3.47. The number of hydrogen-bond acceptors (Lipinski definition) is 3. The van der Waals surface area contributed by atoms with Gasteiger partial charge in [0.05, 0.1) is 0 Å². The second kappa shape index (κ2) is 6.20. The number of rotatable bonds is 3. The SMILES string of the molecule is Cc1ccc(C)c(N2CCN(Cc3ccc(C)s3)CC2)c1. The highest BCUT2D eigenvalue weighted by molar-refractivity contribution is 7.11. The molecule has 1 saturated heterocycles. The number of benzene rings is 1. The van der Waals surface area contributed by atoms with E-state index in [4.69, 9.17) is 0 Å². The van der Waals surface area contributed by atoms with E-state index in [-0.39, 0.29) is 0 Å². The van der Waals surface area contributed by atoms with Crippen LogP contribution in [0.1, 0.15) is 20.9 Å². The minimum atomic E-state index is 1.11. The van der Waals surface area contributed by atoms with Crippen LogP contribution in [0.5, 0.6) is 0 Å². The molecular formula is C18H24N2S. The van der Waals surface area contributed by atoms with Gasteiger partial charge in [-0.1, -0.05) is 12.1 Å². The van der Waals surface area contributed by atoms with Crippen LogP contribution in [0, 0.1) is 20.8 Å². The molecule has 0 saturated carbocycles. The number of anilines is 1. The maximum absolute atomic E-state index is 2.58. The second-order valence-corrected chi connectivity index (χ2v) is 7.44. The molecule has 0 unspecified atom stereocenters. The standard InChI is InChI=1S/C18H24N2S/c1-14-4-5-15(2)18(12-14)20-10-8-19(9-11-20)13-17-7-6-16(3)21-17/h4-7,12H,8-11,13H2,1-3H3. The van der Waals surface area contributed by atoms with Gasteiger partial charge >= 0.3 is 0 Å². The lowest BCUT2D eigenvalue weighted by molar-refractivity contribution is 0.252. The lowest BCUT2D eigenvalue weighted by Gasteiger charge is -2.36. The Morgan fingerprint density at radius 3 is 2.38 bits per heavy atom. The molecule has 1 aliphatic heterocycles. The van der Waals surface area contributed by atoms with Crippen molar-refractivity contribution in [3.8, 4) is 0 Å². The number of hydrogen-bond donors (Lipinski definition) is 0. The summed E-state index contributed by atoms with van der Waals surface area (Å²) in [6.07, 6.45) is 0. The first-order valence-corrected chi connectivity index (χ1v) is 8.53. The summed E-state index contributed by atoms with van der Waals surface area (Å²) in [6, 6.07) is 11.3. The van der Waals surface area contributed by atoms with E-state index < -0.39 is 0 Å². The summed E-state index contributed by atoms with van der Waals surface area (Å²) in [4.78, 5) is 8.03. The summed E-state index contributed by atoms with van der Waals surface area (Å²) in [5.41, 5.74) is 4.16. The lowest BCUT2D eigenvalue weighted by Crippen LogP contribution is -2.46. The average molecular weight is 300 g/mol. The molecule has 0 spiro atoms. The lowest BCUT2D eigenvalue weighted by atomic mass is 10.1. The molecule has 1 fully saturated rings. The molecule has 2 nitrogen and oxygen atoms in total. The van der Waals surface area contributed by atoms with Gasteiger partial charge < -0.3 is 4.90 Å². The van der Waals surface area contributed by atoms with Crippen LogP contribution in [-0.4, -0.2) is 31.1 Å². The van der Waals surface area contributed by atoms with Crippen molar-refractivity contribution >= 4 is 17.0 Å². The highest BCUT2D eigenvalue weighted by atomic mass is 32.1. The van der Waals surface area contributed by atoms with E-state index in [0.717, 1.165) is 32.7 Å². The summed E-state index contributed by atoms with van der Waals surface area (Å²) >= 11 is 1.93. The number of aryl methyl sites for hydroxylation is 3. The molecule has 0 atom stereocenters. The first-order valence-electron chi connectivity index (χ1n) is 7.72. The van der Waals surface area contributed by atoms with E-state index in [2.05, 4.69) is 60.9 Å². The molecule has 1 aromatic heterocycles. The zero-order chi connectivity index (χ0) is 14.8. The number of thiophene rings is 1. The minimum absolute atomic E-state index is 1.11. The van der Waals surface area contributed by atoms with Crippen molar-refractivity contribution in [2.75, 3.05) is 31.1 Å². The van der Waals surface area contributed by atoms with Crippen molar-refractivity contribution < 1.29 is 0 Å². The Bertz CT molecular complexity index is 609. The fourth-order valence-electron chi connectivity index (χ4n) is 3.00. The van der Waals surface area contributed by atoms with E-state index in [1.54, 1.807) is 0 Å². The van der Waals surface area contributed by atoms with Crippen LogP contribution in [0.25, 0.3) is 0 Å². The Balaban J connectivity index is 1.61. The summed E-state index contributed by atoms with van der Waals surface area (Å²) in [5, 5.41) is 0. The van der Waals surface area contributed by atoms with Gasteiger partial charge in [0.2, 0.25) is 0 Å². The van der Waals surface area contributed by atoms with E-state index in [1.165, 1.54) is 26.6 Å². The van der Waals surface area contributed by atoms with Gasteiger partial charge in [-0.3, -0.25) is 4.90 Å². The minimum Gasteiger partial charge on any atom is -0.369 e. The number of nitrogens with zero attached hydrogens (tertiary/aromatic N) is 2. The maximum atomic E-state index is 2.58. The predicted molar refractivity (Wildman–Crippen MR) is 92.5 cm³/mol. The third-order valence-electron chi connectivity index (χ3n) is 4.25. The van der Waals surface area contributed by atoms with Crippen LogP contribution in [0.2, 0.25) is 0 Å². The van der Waals surface area contributed by atoms with E-state index in [1.807, 2.05) is 11.3 Å². The van der Waals surface area contributed by atoms with Crippen molar-refractivity contribution in [1.82, 2.24) is 4.90 Å². The predicted octanol–water partition coefficient (Wildman–Crippen LogP) is 4.00. The first kappa shape index (κ1) is 14.6. The molecule has 2 aromatic rings. The summed E-state index contributed by atoms with van der Waals surface area (Å²) in [7, 11) is 0. The summed E-state index contributed by atoms with van der Waals surface area (Å²) < 4.78 is 0. The first-order chi connectivity index (χ1) is 10.1. The molecule has 112 valence electrons. The van der Waals surface area contributed by atoms with Crippen molar-refractivity contribution in [3.05, 3.63) is 51.2 Å². The van der Waals surface area contributed by atoms with Crippen LogP contribution in [0.15, 0.2) is 30.3 Å². The normalized spacial score (nSPS) is 16.4. The Hall–Kier alpha value is -1.32.